The van der Waals surface area contributed by atoms with Crippen LogP contribution in [0.4, 0.5) is 0 Å². The van der Waals surface area contributed by atoms with Crippen LogP contribution >= 0.6 is 11.3 Å². The average molecular weight is 419 g/mol. The molecule has 3 heterocycles. The van der Waals surface area contributed by atoms with Crippen molar-refractivity contribution in [1.29, 1.82) is 0 Å². The summed E-state index contributed by atoms with van der Waals surface area (Å²) in [4.78, 5) is 41.6. The van der Waals surface area contributed by atoms with Crippen LogP contribution < -0.4 is 5.32 Å². The second kappa shape index (κ2) is 8.19. The summed E-state index contributed by atoms with van der Waals surface area (Å²) in [6.45, 7) is 2.41. The van der Waals surface area contributed by atoms with Crippen molar-refractivity contribution < 1.29 is 19.5 Å². The molecule has 4 unspecified atom stereocenters. The van der Waals surface area contributed by atoms with Crippen molar-refractivity contribution >= 4 is 29.1 Å². The number of carboxylic acids is 1. The quantitative estimate of drug-likeness (QED) is 0.661. The van der Waals surface area contributed by atoms with E-state index in [1.807, 2.05) is 24.4 Å². The van der Waals surface area contributed by atoms with Gasteiger partial charge in [0.05, 0.1) is 17.9 Å². The highest BCUT2D eigenvalue weighted by Gasteiger charge is 2.68. The molecule has 0 radical (unpaired) electrons. The summed E-state index contributed by atoms with van der Waals surface area (Å²) < 4.78 is 0. The van der Waals surface area contributed by atoms with Gasteiger partial charge in [-0.1, -0.05) is 51.5 Å². The van der Waals surface area contributed by atoms with E-state index in [0.29, 0.717) is 13.0 Å². The number of nitrogens with one attached hydrogen (secondary N) is 1. The van der Waals surface area contributed by atoms with Gasteiger partial charge < -0.3 is 5.11 Å². The molecule has 2 saturated heterocycles. The number of carbonyl (C=O) groups is 3. The molecule has 2 N–H and O–H groups in total. The first kappa shape index (κ1) is 20.5. The molecular weight excluding hydrogens is 388 g/mol. The average Bonchev–Trinajstić information content (AvgIpc) is 3.40. The molecule has 1 aliphatic carbocycles. The topological polar surface area (TPSA) is 86.7 Å². The number of rotatable bonds is 7. The zero-order chi connectivity index (χ0) is 20.6. The van der Waals surface area contributed by atoms with E-state index in [4.69, 9.17) is 0 Å². The van der Waals surface area contributed by atoms with Crippen molar-refractivity contribution in [3.63, 3.8) is 0 Å². The van der Waals surface area contributed by atoms with Crippen LogP contribution in [0, 0.1) is 17.8 Å². The Morgan fingerprint density at radius 2 is 2.03 bits per heavy atom. The zero-order valence-electron chi connectivity index (χ0n) is 16.9. The number of hydrogen-bond donors (Lipinski definition) is 2. The molecule has 3 aliphatic rings. The van der Waals surface area contributed by atoms with Gasteiger partial charge in [0.15, 0.2) is 0 Å². The summed E-state index contributed by atoms with van der Waals surface area (Å²) in [6, 6.07) is 3.43. The van der Waals surface area contributed by atoms with Gasteiger partial charge in [-0.15, -0.1) is 11.3 Å². The molecular formula is C22H30N2O4S. The molecule has 7 heteroatoms. The first-order valence-electron chi connectivity index (χ1n) is 10.9. The first-order valence-corrected chi connectivity index (χ1v) is 11.8. The maximum atomic E-state index is 13.4. The highest BCUT2D eigenvalue weighted by Crippen LogP contribution is 2.52. The van der Waals surface area contributed by atoms with Crippen LogP contribution in [0.15, 0.2) is 17.5 Å². The Bertz CT molecular complexity index is 774. The molecule has 1 saturated carbocycles. The summed E-state index contributed by atoms with van der Waals surface area (Å²) in [5.74, 6) is -2.65. The van der Waals surface area contributed by atoms with Crippen LogP contribution in [-0.4, -0.2) is 39.9 Å². The molecule has 1 aromatic rings. The molecule has 2 amide bonds. The van der Waals surface area contributed by atoms with Crippen LogP contribution in [0.25, 0.3) is 0 Å². The maximum absolute atomic E-state index is 13.4. The maximum Gasteiger partial charge on any atom is 0.324 e. The summed E-state index contributed by atoms with van der Waals surface area (Å²) in [5.41, 5.74) is -1.37. The lowest BCUT2D eigenvalue weighted by Gasteiger charge is -2.35. The number of unbranched alkanes of at least 4 members (excludes halogenated alkanes) is 1. The normalized spacial score (nSPS) is 32.7. The number of imide groups is 1. The predicted octanol–water partition coefficient (Wildman–Crippen LogP) is 3.59. The molecule has 0 bridgehead atoms. The first-order chi connectivity index (χ1) is 14.0. The molecule has 6 nitrogen and oxygen atoms in total. The Morgan fingerprint density at radius 1 is 1.28 bits per heavy atom. The summed E-state index contributed by atoms with van der Waals surface area (Å²) in [6.07, 6.45) is 7.46. The number of aliphatic carboxylic acids is 1. The van der Waals surface area contributed by atoms with Crippen molar-refractivity contribution in [2.45, 2.75) is 69.9 Å². The van der Waals surface area contributed by atoms with Crippen LogP contribution in [0.5, 0.6) is 0 Å². The Hall–Kier alpha value is -1.73. The molecule has 4 rings (SSSR count). The molecule has 4 atom stereocenters. The van der Waals surface area contributed by atoms with Crippen LogP contribution in [-0.2, 0) is 14.4 Å². The van der Waals surface area contributed by atoms with Crippen molar-refractivity contribution in [1.82, 2.24) is 10.2 Å². The third-order valence-electron chi connectivity index (χ3n) is 7.05. The third kappa shape index (κ3) is 3.42. The van der Waals surface area contributed by atoms with Gasteiger partial charge in [-0.25, -0.2) is 0 Å². The highest BCUT2D eigenvalue weighted by atomic mass is 32.1. The zero-order valence-corrected chi connectivity index (χ0v) is 17.7. The van der Waals surface area contributed by atoms with E-state index in [9.17, 15) is 19.5 Å². The van der Waals surface area contributed by atoms with Crippen molar-refractivity contribution in [3.05, 3.63) is 22.4 Å². The number of amides is 2. The molecule has 1 aromatic heterocycles. The molecule has 0 spiro atoms. The third-order valence-corrected chi connectivity index (χ3v) is 8.00. The van der Waals surface area contributed by atoms with Gasteiger partial charge in [-0.3, -0.25) is 24.6 Å². The van der Waals surface area contributed by atoms with Crippen LogP contribution in [0.1, 0.15) is 69.2 Å². The predicted molar refractivity (Wildman–Crippen MR) is 110 cm³/mol. The van der Waals surface area contributed by atoms with Crippen molar-refractivity contribution in [2.75, 3.05) is 6.54 Å². The second-order valence-corrected chi connectivity index (χ2v) is 9.79. The largest absolute Gasteiger partial charge is 0.480 e. The second-order valence-electron chi connectivity index (χ2n) is 8.81. The molecule has 158 valence electrons. The molecule has 2 aliphatic heterocycles. The van der Waals surface area contributed by atoms with E-state index >= 15 is 0 Å². The molecule has 3 fully saturated rings. The van der Waals surface area contributed by atoms with Gasteiger partial charge in [-0.05, 0) is 30.2 Å². The minimum atomic E-state index is -1.37. The summed E-state index contributed by atoms with van der Waals surface area (Å²) in [7, 11) is 0. The molecule has 29 heavy (non-hydrogen) atoms. The van der Waals surface area contributed by atoms with Gasteiger partial charge in [0, 0.05) is 11.4 Å². The smallest absolute Gasteiger partial charge is 0.324 e. The van der Waals surface area contributed by atoms with Gasteiger partial charge in [0.1, 0.15) is 5.54 Å². The lowest BCUT2D eigenvalue weighted by atomic mass is 9.72. The minimum absolute atomic E-state index is 0.203. The number of fused-ring (bicyclic) bond motifs is 1. The fourth-order valence-electron chi connectivity index (χ4n) is 5.63. The fraction of sp³-hybridized carbons (Fsp3) is 0.682. The van der Waals surface area contributed by atoms with Gasteiger partial charge in [0.25, 0.3) is 0 Å². The van der Waals surface area contributed by atoms with Crippen LogP contribution in [0.3, 0.4) is 0 Å². The summed E-state index contributed by atoms with van der Waals surface area (Å²) in [5, 5.41) is 15.7. The summed E-state index contributed by atoms with van der Waals surface area (Å²) >= 11 is 1.51. The minimum Gasteiger partial charge on any atom is -0.480 e. The van der Waals surface area contributed by atoms with Crippen molar-refractivity contribution in [2.24, 2.45) is 17.8 Å². The SMILES string of the molecule is CCCCN1C(=O)C2C(c3cccs3)NC(CC3CCCCC3)(C(=O)O)C2C1=O. The standard InChI is InChI=1S/C22H30N2O4S/c1-2-3-11-24-19(25)16-17(20(24)26)22(21(27)28,13-14-8-5-4-6-9-14)23-18(16)15-10-7-12-29-15/h7,10,12,14,16-18,23H,2-6,8-9,11,13H2,1H3,(H,27,28). The number of nitrogens with zero attached hydrogens (tertiary/aromatic N) is 1. The number of thiophene rings is 1. The number of likely N-dealkylation sites (tertiary alicyclic amines) is 1. The van der Waals surface area contributed by atoms with E-state index in [1.165, 1.54) is 22.7 Å². The van der Waals surface area contributed by atoms with Crippen molar-refractivity contribution in [3.8, 4) is 0 Å². The Kier molecular flexibility index (Phi) is 5.80. The van der Waals surface area contributed by atoms with E-state index in [2.05, 4.69) is 5.32 Å². The Morgan fingerprint density at radius 3 is 2.66 bits per heavy atom. The lowest BCUT2D eigenvalue weighted by molar-refractivity contribution is -0.152. The number of carboxylic acid groups (broad SMARTS) is 1. The van der Waals surface area contributed by atoms with Crippen LogP contribution in [0.2, 0.25) is 0 Å². The van der Waals surface area contributed by atoms with E-state index in [-0.39, 0.29) is 17.7 Å². The van der Waals surface area contributed by atoms with E-state index < -0.39 is 29.4 Å². The van der Waals surface area contributed by atoms with E-state index in [1.54, 1.807) is 0 Å². The Balaban J connectivity index is 1.73. The van der Waals surface area contributed by atoms with Gasteiger partial charge in [0.2, 0.25) is 11.8 Å². The van der Waals surface area contributed by atoms with Gasteiger partial charge in [-0.2, -0.15) is 0 Å². The fourth-order valence-corrected chi connectivity index (χ4v) is 6.45. The monoisotopic (exact) mass is 418 g/mol. The lowest BCUT2D eigenvalue weighted by Crippen LogP contribution is -2.56. The molecule has 0 aromatic carbocycles. The van der Waals surface area contributed by atoms with Gasteiger partial charge >= 0.3 is 5.97 Å². The highest BCUT2D eigenvalue weighted by molar-refractivity contribution is 7.10. The van der Waals surface area contributed by atoms with E-state index in [0.717, 1.165) is 43.4 Å². The number of hydrogen-bond acceptors (Lipinski definition) is 5. The Labute approximate surface area is 175 Å². The number of carbonyl (C=O) groups excluding carboxylic acids is 2.